The van der Waals surface area contributed by atoms with Gasteiger partial charge in [0.15, 0.2) is 5.43 Å². The van der Waals surface area contributed by atoms with E-state index in [1.54, 1.807) is 6.07 Å². The van der Waals surface area contributed by atoms with Crippen LogP contribution in [-0.2, 0) is 6.42 Å². The average Bonchev–Trinajstić information content (AvgIpc) is 2.57. The molecule has 0 atom stereocenters. The molecular formula is C18H28O. The van der Waals surface area contributed by atoms with Crippen LogP contribution >= 0.6 is 0 Å². The summed E-state index contributed by atoms with van der Waals surface area (Å²) in [5, 5.41) is 0. The van der Waals surface area contributed by atoms with Gasteiger partial charge in [0, 0.05) is 0 Å². The third kappa shape index (κ3) is 6.56. The van der Waals surface area contributed by atoms with E-state index >= 15 is 0 Å². The first kappa shape index (κ1) is 15.9. The lowest BCUT2D eigenvalue weighted by Gasteiger charge is -2.03. The minimum Gasteiger partial charge on any atom is -0.290 e. The minimum atomic E-state index is 0.166. The molecule has 0 aliphatic carbocycles. The highest BCUT2D eigenvalue weighted by Gasteiger charge is 1.99. The first-order valence-corrected chi connectivity index (χ1v) is 7.84. The summed E-state index contributed by atoms with van der Waals surface area (Å²) in [6.07, 6.45) is 11.7. The Labute approximate surface area is 118 Å². The van der Waals surface area contributed by atoms with Gasteiger partial charge in [-0.15, -0.1) is 0 Å². The average molecular weight is 260 g/mol. The number of unbranched alkanes of at least 4 members (excludes halogenated alkanes) is 7. The molecule has 19 heavy (non-hydrogen) atoms. The van der Waals surface area contributed by atoms with E-state index in [9.17, 15) is 4.79 Å². The zero-order valence-electron chi connectivity index (χ0n) is 12.6. The molecule has 0 aliphatic heterocycles. The van der Waals surface area contributed by atoms with Crippen molar-refractivity contribution in [1.29, 1.82) is 0 Å². The SMILES string of the molecule is CCCCCCCCCCc1ccccc(=O)c1C. The molecule has 0 aliphatic rings. The highest BCUT2D eigenvalue weighted by Crippen LogP contribution is 2.12. The zero-order valence-corrected chi connectivity index (χ0v) is 12.6. The van der Waals surface area contributed by atoms with Gasteiger partial charge in [0.05, 0.1) is 0 Å². The molecule has 0 saturated heterocycles. The molecule has 0 spiro atoms. The van der Waals surface area contributed by atoms with E-state index in [4.69, 9.17) is 0 Å². The smallest absolute Gasteiger partial charge is 0.181 e. The highest BCUT2D eigenvalue weighted by molar-refractivity contribution is 5.24. The molecule has 1 rings (SSSR count). The molecular weight excluding hydrogens is 232 g/mol. The molecule has 1 nitrogen and oxygen atoms in total. The van der Waals surface area contributed by atoms with Crippen LogP contribution in [0.2, 0.25) is 0 Å². The fourth-order valence-corrected chi connectivity index (χ4v) is 2.44. The Morgan fingerprint density at radius 1 is 0.842 bits per heavy atom. The Morgan fingerprint density at radius 2 is 1.42 bits per heavy atom. The standard InChI is InChI=1S/C18H28O/c1-3-4-5-6-7-8-9-10-13-17-14-11-12-15-18(19)16(17)2/h11-12,14-15H,3-10,13H2,1-2H3. The van der Waals surface area contributed by atoms with Gasteiger partial charge in [0.2, 0.25) is 0 Å². The lowest BCUT2D eigenvalue weighted by Crippen LogP contribution is -2.02. The van der Waals surface area contributed by atoms with Crippen LogP contribution in [0.15, 0.2) is 29.1 Å². The molecule has 0 fully saturated rings. The van der Waals surface area contributed by atoms with Crippen LogP contribution in [0.25, 0.3) is 0 Å². The van der Waals surface area contributed by atoms with Gasteiger partial charge >= 0.3 is 0 Å². The highest BCUT2D eigenvalue weighted by atomic mass is 16.1. The summed E-state index contributed by atoms with van der Waals surface area (Å²) >= 11 is 0. The summed E-state index contributed by atoms with van der Waals surface area (Å²) in [5.74, 6) is 0. The lowest BCUT2D eigenvalue weighted by molar-refractivity contribution is 0.575. The Kier molecular flexibility index (Phi) is 8.20. The van der Waals surface area contributed by atoms with Crippen molar-refractivity contribution in [3.05, 3.63) is 45.6 Å². The normalized spacial score (nSPS) is 10.6. The van der Waals surface area contributed by atoms with Crippen LogP contribution in [-0.4, -0.2) is 0 Å². The third-order valence-corrected chi connectivity index (χ3v) is 3.81. The molecule has 1 aromatic carbocycles. The summed E-state index contributed by atoms with van der Waals surface area (Å²) in [7, 11) is 0. The predicted octanol–water partition coefficient (Wildman–Crippen LogP) is 5.04. The number of hydrogen-bond donors (Lipinski definition) is 0. The van der Waals surface area contributed by atoms with E-state index < -0.39 is 0 Å². The van der Waals surface area contributed by atoms with Crippen molar-refractivity contribution in [2.45, 2.75) is 71.6 Å². The second kappa shape index (κ2) is 9.77. The predicted molar refractivity (Wildman–Crippen MR) is 83.8 cm³/mol. The maximum Gasteiger partial charge on any atom is 0.181 e. The van der Waals surface area contributed by atoms with Crippen molar-refractivity contribution in [1.82, 2.24) is 0 Å². The van der Waals surface area contributed by atoms with E-state index in [0.717, 1.165) is 12.0 Å². The van der Waals surface area contributed by atoms with Gasteiger partial charge in [-0.1, -0.05) is 70.1 Å². The Bertz CT molecular complexity index is 409. The molecule has 0 unspecified atom stereocenters. The van der Waals surface area contributed by atoms with Crippen molar-refractivity contribution in [2.24, 2.45) is 0 Å². The van der Waals surface area contributed by atoms with Crippen molar-refractivity contribution in [2.75, 3.05) is 0 Å². The third-order valence-electron chi connectivity index (χ3n) is 3.81. The number of aryl methyl sites for hydroxylation is 1. The Balaban J connectivity index is 2.22. The van der Waals surface area contributed by atoms with Crippen LogP contribution in [0.4, 0.5) is 0 Å². The van der Waals surface area contributed by atoms with Crippen molar-refractivity contribution in [3.8, 4) is 0 Å². The van der Waals surface area contributed by atoms with E-state index in [-0.39, 0.29) is 5.43 Å². The van der Waals surface area contributed by atoms with Gasteiger partial charge in [-0.2, -0.15) is 0 Å². The second-order valence-electron chi connectivity index (χ2n) is 5.46. The summed E-state index contributed by atoms with van der Waals surface area (Å²) < 4.78 is 0. The first-order valence-electron chi connectivity index (χ1n) is 7.84. The van der Waals surface area contributed by atoms with Crippen LogP contribution in [0.5, 0.6) is 0 Å². The van der Waals surface area contributed by atoms with Gasteiger partial charge in [0.1, 0.15) is 0 Å². The maximum atomic E-state index is 11.7. The molecule has 1 heteroatoms. The fraction of sp³-hybridized carbons (Fsp3) is 0.611. The summed E-state index contributed by atoms with van der Waals surface area (Å²) in [6.45, 7) is 4.20. The first-order chi connectivity index (χ1) is 9.25. The van der Waals surface area contributed by atoms with Gasteiger partial charge in [-0.05, 0) is 37.0 Å². The van der Waals surface area contributed by atoms with Gasteiger partial charge in [-0.3, -0.25) is 4.79 Å². The molecule has 0 amide bonds. The maximum absolute atomic E-state index is 11.7. The fourth-order valence-electron chi connectivity index (χ4n) is 2.44. The minimum absolute atomic E-state index is 0.166. The largest absolute Gasteiger partial charge is 0.290 e. The topological polar surface area (TPSA) is 17.1 Å². The van der Waals surface area contributed by atoms with E-state index in [2.05, 4.69) is 13.0 Å². The van der Waals surface area contributed by atoms with Crippen molar-refractivity contribution < 1.29 is 0 Å². The molecule has 0 aromatic heterocycles. The van der Waals surface area contributed by atoms with Crippen LogP contribution < -0.4 is 5.43 Å². The molecule has 0 N–H and O–H groups in total. The number of rotatable bonds is 9. The van der Waals surface area contributed by atoms with E-state index in [1.807, 2.05) is 19.1 Å². The molecule has 1 aromatic rings. The molecule has 0 saturated carbocycles. The number of hydrogen-bond acceptors (Lipinski definition) is 1. The summed E-state index contributed by atoms with van der Waals surface area (Å²) in [4.78, 5) is 11.7. The molecule has 0 bridgehead atoms. The Morgan fingerprint density at radius 3 is 2.11 bits per heavy atom. The van der Waals surface area contributed by atoms with Crippen molar-refractivity contribution >= 4 is 0 Å². The van der Waals surface area contributed by atoms with Gasteiger partial charge < -0.3 is 0 Å². The Hall–Kier alpha value is -1.11. The van der Waals surface area contributed by atoms with Crippen molar-refractivity contribution in [3.63, 3.8) is 0 Å². The second-order valence-corrected chi connectivity index (χ2v) is 5.46. The van der Waals surface area contributed by atoms with Crippen LogP contribution in [0, 0.1) is 6.92 Å². The lowest BCUT2D eigenvalue weighted by atomic mass is 10.0. The summed E-state index contributed by atoms with van der Waals surface area (Å²) in [6, 6.07) is 7.57. The quantitative estimate of drug-likeness (QED) is 0.569. The summed E-state index contributed by atoms with van der Waals surface area (Å²) in [5.41, 5.74) is 2.31. The zero-order chi connectivity index (χ0) is 13.9. The van der Waals surface area contributed by atoms with Gasteiger partial charge in [-0.25, -0.2) is 0 Å². The molecule has 0 heterocycles. The molecule has 0 radical (unpaired) electrons. The monoisotopic (exact) mass is 260 g/mol. The van der Waals surface area contributed by atoms with Gasteiger partial charge in [0.25, 0.3) is 0 Å². The van der Waals surface area contributed by atoms with E-state index in [1.165, 1.54) is 56.9 Å². The van der Waals surface area contributed by atoms with Crippen LogP contribution in [0.3, 0.4) is 0 Å². The molecule has 106 valence electrons. The van der Waals surface area contributed by atoms with Crippen LogP contribution in [0.1, 0.15) is 69.4 Å². The van der Waals surface area contributed by atoms with E-state index in [0.29, 0.717) is 0 Å².